The van der Waals surface area contributed by atoms with Crippen molar-refractivity contribution in [1.29, 1.82) is 0 Å². The van der Waals surface area contributed by atoms with Crippen molar-refractivity contribution in [2.24, 2.45) is 0 Å². The Morgan fingerprint density at radius 1 is 1.28 bits per heavy atom. The van der Waals surface area contributed by atoms with Crippen LogP contribution in [0.25, 0.3) is 0 Å². The van der Waals surface area contributed by atoms with E-state index in [4.69, 9.17) is 4.74 Å². The fraction of sp³-hybridized carbons (Fsp3) is 0.333. The fourth-order valence-corrected chi connectivity index (χ4v) is 1.31. The smallest absolute Gasteiger partial charge is 0.226 e. The van der Waals surface area contributed by atoms with E-state index < -0.39 is 0 Å². The van der Waals surface area contributed by atoms with Crippen LogP contribution in [0.5, 0.6) is 5.88 Å². The van der Waals surface area contributed by atoms with Gasteiger partial charge in [0, 0.05) is 18.5 Å². The lowest BCUT2D eigenvalue weighted by Crippen LogP contribution is -2.06. The monoisotopic (exact) mass is 245 g/mol. The van der Waals surface area contributed by atoms with Gasteiger partial charge in [-0.1, -0.05) is 6.92 Å². The van der Waals surface area contributed by atoms with Crippen LogP contribution < -0.4 is 10.1 Å². The zero-order valence-electron chi connectivity index (χ0n) is 10.2. The van der Waals surface area contributed by atoms with Crippen LogP contribution in [-0.4, -0.2) is 26.8 Å². The molecule has 2 aromatic heterocycles. The molecule has 0 fully saturated rings. The number of anilines is 1. The summed E-state index contributed by atoms with van der Waals surface area (Å²) >= 11 is 0. The predicted molar refractivity (Wildman–Crippen MR) is 67.2 cm³/mol. The van der Waals surface area contributed by atoms with Gasteiger partial charge in [0.1, 0.15) is 0 Å². The molecule has 6 heteroatoms. The molecule has 0 atom stereocenters. The van der Waals surface area contributed by atoms with Crippen molar-refractivity contribution >= 4 is 5.95 Å². The molecule has 0 spiro atoms. The highest BCUT2D eigenvalue weighted by Crippen LogP contribution is 2.09. The first kappa shape index (κ1) is 12.2. The van der Waals surface area contributed by atoms with E-state index >= 15 is 0 Å². The van der Waals surface area contributed by atoms with Crippen molar-refractivity contribution in [3.63, 3.8) is 0 Å². The number of hydrogen-bond donors (Lipinski definition) is 1. The number of ether oxygens (including phenoxy) is 1. The second kappa shape index (κ2) is 6.48. The zero-order valence-corrected chi connectivity index (χ0v) is 10.2. The standard InChI is InChI=1S/C12H15N5O/c1-2-8-18-11-5-7-13-12(16-11)14-9-10-4-3-6-15-17-10/h3-7H,2,8-9H2,1H3,(H,13,14,16). The minimum absolute atomic E-state index is 0.522. The molecule has 0 aliphatic carbocycles. The highest BCUT2D eigenvalue weighted by Gasteiger charge is 2.00. The third-order valence-corrected chi connectivity index (χ3v) is 2.14. The van der Waals surface area contributed by atoms with Crippen LogP contribution in [-0.2, 0) is 6.54 Å². The van der Waals surface area contributed by atoms with Gasteiger partial charge in [0.15, 0.2) is 0 Å². The molecular formula is C12H15N5O. The Morgan fingerprint density at radius 3 is 3.00 bits per heavy atom. The van der Waals surface area contributed by atoms with Crippen molar-refractivity contribution in [1.82, 2.24) is 20.2 Å². The van der Waals surface area contributed by atoms with Crippen molar-refractivity contribution in [2.75, 3.05) is 11.9 Å². The van der Waals surface area contributed by atoms with Gasteiger partial charge in [-0.05, 0) is 18.6 Å². The second-order valence-corrected chi connectivity index (χ2v) is 3.64. The summed E-state index contributed by atoms with van der Waals surface area (Å²) in [7, 11) is 0. The summed E-state index contributed by atoms with van der Waals surface area (Å²) in [5.41, 5.74) is 0.834. The summed E-state index contributed by atoms with van der Waals surface area (Å²) in [6, 6.07) is 5.46. The zero-order chi connectivity index (χ0) is 12.6. The van der Waals surface area contributed by atoms with Crippen LogP contribution in [0.3, 0.4) is 0 Å². The topological polar surface area (TPSA) is 72.8 Å². The molecule has 94 valence electrons. The molecule has 0 saturated heterocycles. The second-order valence-electron chi connectivity index (χ2n) is 3.64. The largest absolute Gasteiger partial charge is 0.478 e. The van der Waals surface area contributed by atoms with Crippen LogP contribution >= 0.6 is 0 Å². The Labute approximate surface area is 105 Å². The summed E-state index contributed by atoms with van der Waals surface area (Å²) in [5.74, 6) is 1.10. The molecular weight excluding hydrogens is 230 g/mol. The third-order valence-electron chi connectivity index (χ3n) is 2.14. The van der Waals surface area contributed by atoms with E-state index in [1.807, 2.05) is 12.1 Å². The Hall–Kier alpha value is -2.24. The Balaban J connectivity index is 1.93. The number of aromatic nitrogens is 4. The lowest BCUT2D eigenvalue weighted by atomic mass is 10.4. The van der Waals surface area contributed by atoms with E-state index in [2.05, 4.69) is 32.4 Å². The molecule has 0 aliphatic rings. The minimum atomic E-state index is 0.522. The number of nitrogens with one attached hydrogen (secondary N) is 1. The molecule has 2 rings (SSSR count). The summed E-state index contributed by atoms with van der Waals surface area (Å²) in [6.45, 7) is 3.24. The average molecular weight is 245 g/mol. The first-order chi connectivity index (χ1) is 8.88. The first-order valence-corrected chi connectivity index (χ1v) is 5.85. The van der Waals surface area contributed by atoms with Gasteiger partial charge >= 0.3 is 0 Å². The Kier molecular flexibility index (Phi) is 4.40. The average Bonchev–Trinajstić information content (AvgIpc) is 2.44. The summed E-state index contributed by atoms with van der Waals surface area (Å²) in [4.78, 5) is 8.34. The highest BCUT2D eigenvalue weighted by molar-refractivity contribution is 5.28. The van der Waals surface area contributed by atoms with E-state index in [1.54, 1.807) is 18.5 Å². The van der Waals surface area contributed by atoms with Crippen LogP contribution in [0.15, 0.2) is 30.6 Å². The quantitative estimate of drug-likeness (QED) is 0.834. The van der Waals surface area contributed by atoms with Crippen molar-refractivity contribution in [3.05, 3.63) is 36.3 Å². The Morgan fingerprint density at radius 2 is 2.22 bits per heavy atom. The van der Waals surface area contributed by atoms with E-state index in [1.165, 1.54) is 0 Å². The maximum atomic E-state index is 5.43. The molecule has 6 nitrogen and oxygen atoms in total. The summed E-state index contributed by atoms with van der Waals surface area (Å²) in [6.07, 6.45) is 4.25. The lowest BCUT2D eigenvalue weighted by Gasteiger charge is -2.06. The van der Waals surface area contributed by atoms with Crippen LogP contribution in [0.4, 0.5) is 5.95 Å². The third kappa shape index (κ3) is 3.65. The van der Waals surface area contributed by atoms with Gasteiger partial charge in [0.2, 0.25) is 11.8 Å². The molecule has 0 saturated carbocycles. The molecule has 0 aliphatic heterocycles. The maximum Gasteiger partial charge on any atom is 0.226 e. The maximum absolute atomic E-state index is 5.43. The normalized spacial score (nSPS) is 10.1. The van der Waals surface area contributed by atoms with E-state index in [0.29, 0.717) is 25.0 Å². The predicted octanol–water partition coefficient (Wildman–Crippen LogP) is 1.67. The molecule has 1 N–H and O–H groups in total. The first-order valence-electron chi connectivity index (χ1n) is 5.85. The van der Waals surface area contributed by atoms with Crippen molar-refractivity contribution in [2.45, 2.75) is 19.9 Å². The molecule has 0 aromatic carbocycles. The van der Waals surface area contributed by atoms with Gasteiger partial charge in [-0.3, -0.25) is 0 Å². The van der Waals surface area contributed by atoms with E-state index in [0.717, 1.165) is 12.1 Å². The van der Waals surface area contributed by atoms with E-state index in [-0.39, 0.29) is 0 Å². The van der Waals surface area contributed by atoms with Gasteiger partial charge in [0.05, 0.1) is 18.8 Å². The van der Waals surface area contributed by atoms with Gasteiger partial charge in [-0.15, -0.1) is 0 Å². The summed E-state index contributed by atoms with van der Waals surface area (Å²) < 4.78 is 5.43. The number of hydrogen-bond acceptors (Lipinski definition) is 6. The molecule has 0 unspecified atom stereocenters. The van der Waals surface area contributed by atoms with Gasteiger partial charge < -0.3 is 10.1 Å². The van der Waals surface area contributed by atoms with E-state index in [9.17, 15) is 0 Å². The van der Waals surface area contributed by atoms with Gasteiger partial charge in [0.25, 0.3) is 0 Å². The number of nitrogens with zero attached hydrogens (tertiary/aromatic N) is 4. The highest BCUT2D eigenvalue weighted by atomic mass is 16.5. The molecule has 0 bridgehead atoms. The van der Waals surface area contributed by atoms with Crippen molar-refractivity contribution in [3.8, 4) is 5.88 Å². The molecule has 0 radical (unpaired) electrons. The lowest BCUT2D eigenvalue weighted by molar-refractivity contribution is 0.305. The molecule has 2 aromatic rings. The van der Waals surface area contributed by atoms with Gasteiger partial charge in [-0.2, -0.15) is 15.2 Å². The SMILES string of the molecule is CCCOc1ccnc(NCc2cccnn2)n1. The number of rotatable bonds is 6. The van der Waals surface area contributed by atoms with Crippen molar-refractivity contribution < 1.29 is 4.74 Å². The molecule has 2 heterocycles. The van der Waals surface area contributed by atoms with Crippen LogP contribution in [0.2, 0.25) is 0 Å². The summed E-state index contributed by atoms with van der Waals surface area (Å²) in [5, 5.41) is 10.8. The van der Waals surface area contributed by atoms with Gasteiger partial charge in [-0.25, -0.2) is 4.98 Å². The Bertz CT molecular complexity index is 477. The van der Waals surface area contributed by atoms with Crippen LogP contribution in [0.1, 0.15) is 19.0 Å². The molecule has 0 amide bonds. The minimum Gasteiger partial charge on any atom is -0.478 e. The fourth-order valence-electron chi connectivity index (χ4n) is 1.31. The van der Waals surface area contributed by atoms with Crippen LogP contribution in [0, 0.1) is 0 Å². The molecule has 18 heavy (non-hydrogen) atoms.